The van der Waals surface area contributed by atoms with Crippen LogP contribution in [0.5, 0.6) is 0 Å². The highest BCUT2D eigenvalue weighted by Gasteiger charge is 2.10. The monoisotopic (exact) mass is 265 g/mol. The normalized spacial score (nSPS) is 11.9. The summed E-state index contributed by atoms with van der Waals surface area (Å²) in [4.78, 5) is 2.16. The van der Waals surface area contributed by atoms with Crippen LogP contribution in [0.15, 0.2) is 18.2 Å². The fraction of sp³-hybridized carbons (Fsp3) is 0.500. The van der Waals surface area contributed by atoms with Gasteiger partial charge in [0.15, 0.2) is 0 Å². The van der Waals surface area contributed by atoms with Gasteiger partial charge in [-0.15, -0.1) is 0 Å². The number of nitriles is 1. The van der Waals surface area contributed by atoms with Crippen molar-refractivity contribution in [3.63, 3.8) is 0 Å². The first-order valence-electron chi connectivity index (χ1n) is 6.22. The number of hydrogen-bond donors (Lipinski definition) is 1. The molecule has 0 aliphatic heterocycles. The Kier molecular flexibility index (Phi) is 5.97. The molecule has 4 heteroatoms. The summed E-state index contributed by atoms with van der Waals surface area (Å²) in [5, 5.41) is 12.6. The summed E-state index contributed by atoms with van der Waals surface area (Å²) in [6, 6.07) is 8.50. The summed E-state index contributed by atoms with van der Waals surface area (Å²) >= 11 is 6.31. The molecule has 0 fully saturated rings. The SMILES string of the molecule is CCN(CCC#N)c1ccc(C(C)NC)c(Cl)c1. The zero-order chi connectivity index (χ0) is 13.5. The summed E-state index contributed by atoms with van der Waals surface area (Å²) in [6.45, 7) is 5.77. The van der Waals surface area contributed by atoms with Crippen LogP contribution in [0.3, 0.4) is 0 Å². The van der Waals surface area contributed by atoms with Crippen LogP contribution in [0.2, 0.25) is 5.02 Å². The highest BCUT2D eigenvalue weighted by molar-refractivity contribution is 6.31. The van der Waals surface area contributed by atoms with E-state index in [2.05, 4.69) is 36.2 Å². The predicted octanol–water partition coefficient (Wildman–Crippen LogP) is 3.36. The smallest absolute Gasteiger partial charge is 0.0640 e. The number of nitrogens with one attached hydrogen (secondary N) is 1. The second-order valence-electron chi connectivity index (χ2n) is 4.20. The second-order valence-corrected chi connectivity index (χ2v) is 4.61. The molecule has 0 saturated carbocycles. The average molecular weight is 266 g/mol. The molecule has 0 radical (unpaired) electrons. The van der Waals surface area contributed by atoms with Gasteiger partial charge in [0.05, 0.1) is 12.5 Å². The van der Waals surface area contributed by atoms with Gasteiger partial charge in [0, 0.05) is 29.8 Å². The van der Waals surface area contributed by atoms with Gasteiger partial charge < -0.3 is 10.2 Å². The molecule has 18 heavy (non-hydrogen) atoms. The van der Waals surface area contributed by atoms with E-state index in [9.17, 15) is 0 Å². The van der Waals surface area contributed by atoms with Crippen molar-refractivity contribution < 1.29 is 0 Å². The average Bonchev–Trinajstić information content (AvgIpc) is 2.39. The van der Waals surface area contributed by atoms with Crippen LogP contribution in [0.25, 0.3) is 0 Å². The number of rotatable bonds is 6. The maximum absolute atomic E-state index is 8.65. The van der Waals surface area contributed by atoms with E-state index in [1.54, 1.807) is 0 Å². The molecule has 1 aromatic rings. The highest BCUT2D eigenvalue weighted by Crippen LogP contribution is 2.27. The molecule has 0 heterocycles. The van der Waals surface area contributed by atoms with Crippen LogP contribution in [0.1, 0.15) is 31.9 Å². The van der Waals surface area contributed by atoms with Crippen molar-refractivity contribution in [1.82, 2.24) is 5.32 Å². The zero-order valence-corrected chi connectivity index (χ0v) is 12.0. The Morgan fingerprint density at radius 1 is 1.50 bits per heavy atom. The van der Waals surface area contributed by atoms with Crippen LogP contribution < -0.4 is 10.2 Å². The van der Waals surface area contributed by atoms with Gasteiger partial charge in [0.1, 0.15) is 0 Å². The van der Waals surface area contributed by atoms with Gasteiger partial charge >= 0.3 is 0 Å². The van der Waals surface area contributed by atoms with E-state index in [4.69, 9.17) is 16.9 Å². The number of halogens is 1. The largest absolute Gasteiger partial charge is 0.371 e. The maximum atomic E-state index is 8.65. The van der Waals surface area contributed by atoms with Crippen LogP contribution in [-0.2, 0) is 0 Å². The minimum atomic E-state index is 0.237. The lowest BCUT2D eigenvalue weighted by Gasteiger charge is -2.23. The molecule has 0 bridgehead atoms. The first-order valence-corrected chi connectivity index (χ1v) is 6.60. The number of benzene rings is 1. The van der Waals surface area contributed by atoms with Crippen LogP contribution in [-0.4, -0.2) is 20.1 Å². The summed E-state index contributed by atoms with van der Waals surface area (Å²) in [5.74, 6) is 0. The van der Waals surface area contributed by atoms with Crippen molar-refractivity contribution in [2.75, 3.05) is 25.0 Å². The van der Waals surface area contributed by atoms with Crippen molar-refractivity contribution in [3.05, 3.63) is 28.8 Å². The van der Waals surface area contributed by atoms with E-state index in [1.807, 2.05) is 19.2 Å². The molecular weight excluding hydrogens is 246 g/mol. The quantitative estimate of drug-likeness (QED) is 0.857. The molecule has 3 nitrogen and oxygen atoms in total. The number of hydrogen-bond acceptors (Lipinski definition) is 3. The molecule has 1 rings (SSSR count). The molecule has 0 amide bonds. The fourth-order valence-electron chi connectivity index (χ4n) is 1.87. The fourth-order valence-corrected chi connectivity index (χ4v) is 2.21. The lowest BCUT2D eigenvalue weighted by Crippen LogP contribution is -2.23. The lowest BCUT2D eigenvalue weighted by atomic mass is 10.1. The van der Waals surface area contributed by atoms with Gasteiger partial charge in [-0.05, 0) is 38.6 Å². The lowest BCUT2D eigenvalue weighted by molar-refractivity contribution is 0.652. The molecule has 0 aliphatic rings. The van der Waals surface area contributed by atoms with E-state index >= 15 is 0 Å². The number of nitrogens with zero attached hydrogens (tertiary/aromatic N) is 2. The molecule has 1 atom stereocenters. The zero-order valence-electron chi connectivity index (χ0n) is 11.2. The molecule has 0 saturated heterocycles. The summed E-state index contributed by atoms with van der Waals surface area (Å²) in [5.41, 5.74) is 2.17. The summed E-state index contributed by atoms with van der Waals surface area (Å²) in [7, 11) is 1.92. The molecule has 1 unspecified atom stereocenters. The van der Waals surface area contributed by atoms with Gasteiger partial charge in [-0.1, -0.05) is 17.7 Å². The number of anilines is 1. The van der Waals surface area contributed by atoms with E-state index in [-0.39, 0.29) is 6.04 Å². The molecule has 0 spiro atoms. The summed E-state index contributed by atoms with van der Waals surface area (Å²) < 4.78 is 0. The Labute approximate surface area is 114 Å². The van der Waals surface area contributed by atoms with E-state index in [0.717, 1.165) is 29.4 Å². The molecule has 1 aromatic carbocycles. The Hall–Kier alpha value is -1.24. The molecule has 0 aromatic heterocycles. The first kappa shape index (κ1) is 14.8. The van der Waals surface area contributed by atoms with Crippen molar-refractivity contribution in [1.29, 1.82) is 5.26 Å². The second kappa shape index (κ2) is 7.25. The third-order valence-electron chi connectivity index (χ3n) is 3.12. The Bertz CT molecular complexity index is 426. The van der Waals surface area contributed by atoms with Crippen LogP contribution in [0, 0.1) is 11.3 Å². The van der Waals surface area contributed by atoms with E-state index in [1.165, 1.54) is 0 Å². The predicted molar refractivity (Wildman–Crippen MR) is 77.0 cm³/mol. The maximum Gasteiger partial charge on any atom is 0.0640 e. The van der Waals surface area contributed by atoms with Crippen molar-refractivity contribution >= 4 is 17.3 Å². The van der Waals surface area contributed by atoms with E-state index in [0.29, 0.717) is 6.42 Å². The Balaban J connectivity index is 2.91. The van der Waals surface area contributed by atoms with Gasteiger partial charge in [0.25, 0.3) is 0 Å². The van der Waals surface area contributed by atoms with Gasteiger partial charge in [0.2, 0.25) is 0 Å². The third kappa shape index (κ3) is 3.63. The summed E-state index contributed by atoms with van der Waals surface area (Å²) in [6.07, 6.45) is 0.528. The first-order chi connectivity index (χ1) is 8.63. The van der Waals surface area contributed by atoms with E-state index < -0.39 is 0 Å². The Morgan fingerprint density at radius 3 is 2.72 bits per heavy atom. The van der Waals surface area contributed by atoms with Crippen LogP contribution >= 0.6 is 11.6 Å². The molecule has 1 N–H and O–H groups in total. The highest BCUT2D eigenvalue weighted by atomic mass is 35.5. The van der Waals surface area contributed by atoms with Gasteiger partial charge in [-0.2, -0.15) is 5.26 Å². The third-order valence-corrected chi connectivity index (χ3v) is 3.45. The Morgan fingerprint density at radius 2 is 2.22 bits per heavy atom. The van der Waals surface area contributed by atoms with Crippen LogP contribution in [0.4, 0.5) is 5.69 Å². The molecular formula is C14H20ClN3. The standard InChI is InChI=1S/C14H20ClN3/c1-4-18(9-5-8-16)12-6-7-13(11(2)17-3)14(15)10-12/h6-7,10-11,17H,4-5,9H2,1-3H3. The minimum Gasteiger partial charge on any atom is -0.371 e. The van der Waals surface area contributed by atoms with Crippen molar-refractivity contribution in [3.8, 4) is 6.07 Å². The minimum absolute atomic E-state index is 0.237. The van der Waals surface area contributed by atoms with Crippen molar-refractivity contribution in [2.24, 2.45) is 0 Å². The van der Waals surface area contributed by atoms with Gasteiger partial charge in [-0.3, -0.25) is 0 Å². The molecule has 0 aliphatic carbocycles. The van der Waals surface area contributed by atoms with Crippen molar-refractivity contribution in [2.45, 2.75) is 26.3 Å². The van der Waals surface area contributed by atoms with Gasteiger partial charge in [-0.25, -0.2) is 0 Å². The molecule has 98 valence electrons. The topological polar surface area (TPSA) is 39.1 Å².